The zero-order chi connectivity index (χ0) is 17.5. The van der Waals surface area contributed by atoms with Gasteiger partial charge in [-0.25, -0.2) is 19.9 Å². The van der Waals surface area contributed by atoms with Crippen molar-refractivity contribution in [2.45, 2.75) is 37.8 Å². The maximum atomic E-state index is 4.63. The molecule has 2 fully saturated rings. The van der Waals surface area contributed by atoms with Gasteiger partial charge < -0.3 is 14.4 Å². The van der Waals surface area contributed by atoms with Crippen LogP contribution in [-0.4, -0.2) is 55.7 Å². The second kappa shape index (κ2) is 6.19. The number of imidazole rings is 1. The van der Waals surface area contributed by atoms with Gasteiger partial charge in [-0.05, 0) is 25.7 Å². The Labute approximate surface area is 151 Å². The number of hydrogen-bond acceptors (Lipinski definition) is 7. The highest BCUT2D eigenvalue weighted by Gasteiger charge is 2.29. The molecule has 0 bridgehead atoms. The fourth-order valence-electron chi connectivity index (χ4n) is 3.83. The molecule has 1 saturated carbocycles. The highest BCUT2D eigenvalue weighted by atomic mass is 15.3. The maximum absolute atomic E-state index is 4.63. The molecule has 0 atom stereocenters. The molecule has 0 aromatic carbocycles. The van der Waals surface area contributed by atoms with Crippen molar-refractivity contribution >= 4 is 22.8 Å². The molecule has 3 aromatic heterocycles. The van der Waals surface area contributed by atoms with Gasteiger partial charge in [0.15, 0.2) is 17.0 Å². The Kier molecular flexibility index (Phi) is 3.69. The van der Waals surface area contributed by atoms with Gasteiger partial charge in [0, 0.05) is 44.6 Å². The highest BCUT2D eigenvalue weighted by molar-refractivity contribution is 5.83. The number of nitrogens with zero attached hydrogens (tertiary/aromatic N) is 8. The van der Waals surface area contributed by atoms with Crippen LogP contribution in [0.2, 0.25) is 0 Å². The van der Waals surface area contributed by atoms with Crippen LogP contribution in [-0.2, 0) is 0 Å². The topological polar surface area (TPSA) is 75.9 Å². The van der Waals surface area contributed by atoms with Crippen LogP contribution < -0.4 is 9.80 Å². The Balaban J connectivity index is 1.34. The monoisotopic (exact) mass is 350 g/mol. The van der Waals surface area contributed by atoms with Gasteiger partial charge >= 0.3 is 0 Å². The lowest BCUT2D eigenvalue weighted by Crippen LogP contribution is -2.44. The van der Waals surface area contributed by atoms with Gasteiger partial charge in [-0.1, -0.05) is 0 Å². The van der Waals surface area contributed by atoms with Crippen LogP contribution >= 0.6 is 0 Å². The average molecular weight is 350 g/mol. The third-order valence-corrected chi connectivity index (χ3v) is 5.50. The van der Waals surface area contributed by atoms with Crippen molar-refractivity contribution in [1.82, 2.24) is 29.5 Å². The van der Waals surface area contributed by atoms with Crippen molar-refractivity contribution in [2.75, 3.05) is 29.9 Å². The van der Waals surface area contributed by atoms with E-state index in [1.54, 1.807) is 18.7 Å². The van der Waals surface area contributed by atoms with Gasteiger partial charge in [0.1, 0.15) is 12.1 Å². The molecule has 0 N–H and O–H groups in total. The highest BCUT2D eigenvalue weighted by Crippen LogP contribution is 2.37. The number of hydrogen-bond donors (Lipinski definition) is 0. The van der Waals surface area contributed by atoms with Crippen LogP contribution in [0.25, 0.3) is 11.2 Å². The van der Waals surface area contributed by atoms with Crippen LogP contribution in [0, 0.1) is 0 Å². The van der Waals surface area contributed by atoms with Crippen LogP contribution in [0.15, 0.2) is 31.2 Å². The van der Waals surface area contributed by atoms with Crippen LogP contribution in [0.1, 0.15) is 31.7 Å². The molecule has 2 aliphatic rings. The summed E-state index contributed by atoms with van der Waals surface area (Å²) in [7, 11) is 2.13. The van der Waals surface area contributed by atoms with Crippen LogP contribution in [0.4, 0.5) is 11.6 Å². The zero-order valence-electron chi connectivity index (χ0n) is 14.9. The second-order valence-corrected chi connectivity index (χ2v) is 7.15. The lowest BCUT2D eigenvalue weighted by molar-refractivity contribution is 0.478. The van der Waals surface area contributed by atoms with Crippen molar-refractivity contribution in [3.63, 3.8) is 0 Å². The van der Waals surface area contributed by atoms with E-state index in [-0.39, 0.29) is 0 Å². The van der Waals surface area contributed by atoms with Gasteiger partial charge in [0.05, 0.1) is 12.5 Å². The predicted octanol–water partition coefficient (Wildman–Crippen LogP) is 2.06. The molecule has 0 amide bonds. The summed E-state index contributed by atoms with van der Waals surface area (Å²) in [5.41, 5.74) is 1.87. The van der Waals surface area contributed by atoms with E-state index in [0.717, 1.165) is 48.7 Å². The van der Waals surface area contributed by atoms with E-state index in [1.807, 2.05) is 12.5 Å². The Bertz CT molecular complexity index is 896. The molecule has 0 spiro atoms. The van der Waals surface area contributed by atoms with Crippen molar-refractivity contribution in [1.29, 1.82) is 0 Å². The first-order valence-corrected chi connectivity index (χ1v) is 9.22. The lowest BCUT2D eigenvalue weighted by Gasteiger charge is -2.37. The minimum atomic E-state index is 0.437. The molecule has 134 valence electrons. The summed E-state index contributed by atoms with van der Waals surface area (Å²) in [6, 6.07) is 1.01. The largest absolute Gasteiger partial charge is 0.355 e. The first-order valence-electron chi connectivity index (χ1n) is 9.22. The van der Waals surface area contributed by atoms with Crippen molar-refractivity contribution in [3.8, 4) is 0 Å². The molecule has 1 aliphatic heterocycles. The lowest BCUT2D eigenvalue weighted by atomic mass is 10.0. The molecule has 0 unspecified atom stereocenters. The summed E-state index contributed by atoms with van der Waals surface area (Å²) in [6.45, 7) is 1.94. The van der Waals surface area contributed by atoms with Gasteiger partial charge in [-0.3, -0.25) is 4.98 Å². The van der Waals surface area contributed by atoms with Gasteiger partial charge in [-0.15, -0.1) is 0 Å². The first kappa shape index (κ1) is 15.5. The van der Waals surface area contributed by atoms with Gasteiger partial charge in [0.2, 0.25) is 0 Å². The van der Waals surface area contributed by atoms with Crippen LogP contribution in [0.3, 0.4) is 0 Å². The van der Waals surface area contributed by atoms with Crippen molar-refractivity contribution in [2.24, 2.45) is 0 Å². The molecule has 5 rings (SSSR count). The summed E-state index contributed by atoms with van der Waals surface area (Å²) >= 11 is 0. The first-order chi connectivity index (χ1) is 12.8. The summed E-state index contributed by atoms with van der Waals surface area (Å²) in [5.74, 6) is 1.90. The number of anilines is 2. The molecule has 3 aromatic rings. The fourth-order valence-corrected chi connectivity index (χ4v) is 3.83. The molecular weight excluding hydrogens is 328 g/mol. The summed E-state index contributed by atoms with van der Waals surface area (Å²) in [4.78, 5) is 26.8. The quantitative estimate of drug-likeness (QED) is 0.713. The standard InChI is InChI=1S/C18H22N8/c1-24(13-4-8-25(9-5-13)15-10-19-6-7-20-15)17-16-18(22-11-21-17)26(12-23-16)14-2-3-14/h6-7,10-14H,2-5,8-9H2,1H3. The summed E-state index contributed by atoms with van der Waals surface area (Å²) in [6.07, 6.45) is 13.5. The molecule has 8 nitrogen and oxygen atoms in total. The summed E-state index contributed by atoms with van der Waals surface area (Å²) in [5, 5.41) is 0. The summed E-state index contributed by atoms with van der Waals surface area (Å²) < 4.78 is 2.20. The van der Waals surface area contributed by atoms with E-state index in [9.17, 15) is 0 Å². The fraction of sp³-hybridized carbons (Fsp3) is 0.500. The van der Waals surface area contributed by atoms with Gasteiger partial charge in [0.25, 0.3) is 0 Å². The molecule has 1 saturated heterocycles. The number of piperidine rings is 1. The average Bonchev–Trinajstić information content (AvgIpc) is 3.46. The molecule has 0 radical (unpaired) electrons. The van der Waals surface area contributed by atoms with E-state index in [4.69, 9.17) is 0 Å². The SMILES string of the molecule is CN(c1ncnc2c1ncn2C1CC1)C1CCN(c2cnccn2)CC1. The van der Waals surface area contributed by atoms with Crippen molar-refractivity contribution in [3.05, 3.63) is 31.2 Å². The third kappa shape index (κ3) is 2.65. The van der Waals surface area contributed by atoms with E-state index >= 15 is 0 Å². The smallest absolute Gasteiger partial charge is 0.165 e. The minimum Gasteiger partial charge on any atom is -0.355 e. The normalized spacial score (nSPS) is 18.4. The van der Waals surface area contributed by atoms with E-state index in [2.05, 4.69) is 46.3 Å². The van der Waals surface area contributed by atoms with E-state index in [1.165, 1.54) is 12.8 Å². The molecule has 4 heterocycles. The third-order valence-electron chi connectivity index (χ3n) is 5.50. The van der Waals surface area contributed by atoms with Gasteiger partial charge in [-0.2, -0.15) is 0 Å². The van der Waals surface area contributed by atoms with E-state index in [0.29, 0.717) is 12.1 Å². The Hall–Kier alpha value is -2.77. The second-order valence-electron chi connectivity index (χ2n) is 7.15. The Morgan fingerprint density at radius 2 is 1.85 bits per heavy atom. The van der Waals surface area contributed by atoms with Crippen LogP contribution in [0.5, 0.6) is 0 Å². The zero-order valence-corrected chi connectivity index (χ0v) is 14.9. The van der Waals surface area contributed by atoms with E-state index < -0.39 is 0 Å². The maximum Gasteiger partial charge on any atom is 0.165 e. The molecule has 26 heavy (non-hydrogen) atoms. The molecular formula is C18H22N8. The Morgan fingerprint density at radius 3 is 2.58 bits per heavy atom. The number of aromatic nitrogens is 6. The Morgan fingerprint density at radius 1 is 1.00 bits per heavy atom. The predicted molar refractivity (Wildman–Crippen MR) is 99.3 cm³/mol. The molecule has 1 aliphatic carbocycles. The molecule has 8 heteroatoms. The van der Waals surface area contributed by atoms with Crippen molar-refractivity contribution < 1.29 is 0 Å². The minimum absolute atomic E-state index is 0.437. The number of fused-ring (bicyclic) bond motifs is 1. The number of rotatable bonds is 4.